The quantitative estimate of drug-likeness (QED) is 0.853. The lowest BCUT2D eigenvalue weighted by Gasteiger charge is -2.08. The van der Waals surface area contributed by atoms with Gasteiger partial charge >= 0.3 is 0 Å². The number of nitrogens with one attached hydrogen (secondary N) is 1. The summed E-state index contributed by atoms with van der Waals surface area (Å²) < 4.78 is 5.16. The molecular weight excluding hydrogens is 312 g/mol. The molecule has 0 saturated carbocycles. The number of benzene rings is 2. The number of methoxy groups -OCH3 is 1. The highest BCUT2D eigenvalue weighted by Gasteiger charge is 2.05. The first-order valence-corrected chi connectivity index (χ1v) is 7.34. The number of carbonyl (C=O) groups is 1. The van der Waals surface area contributed by atoms with Crippen LogP contribution in [0.15, 0.2) is 48.5 Å². The summed E-state index contributed by atoms with van der Waals surface area (Å²) >= 11 is 0. The molecule has 1 amide bonds. The highest BCUT2D eigenvalue weighted by molar-refractivity contribution is 5.85. The smallest absolute Gasteiger partial charge is 0.221 e. The summed E-state index contributed by atoms with van der Waals surface area (Å²) in [6, 6.07) is 16.0. The molecule has 0 bridgehead atoms. The fraction of sp³-hybridized carbons (Fsp3) is 0.278. The lowest BCUT2D eigenvalue weighted by atomic mass is 10.0. The van der Waals surface area contributed by atoms with Crippen LogP contribution in [-0.4, -0.2) is 19.1 Å². The van der Waals surface area contributed by atoms with E-state index in [-0.39, 0.29) is 24.4 Å². The second-order valence-electron chi connectivity index (χ2n) is 5.38. The van der Waals surface area contributed by atoms with Gasteiger partial charge in [0, 0.05) is 19.0 Å². The van der Waals surface area contributed by atoms with Crippen LogP contribution in [-0.2, 0) is 11.3 Å². The van der Waals surface area contributed by atoms with E-state index in [9.17, 15) is 4.79 Å². The van der Waals surface area contributed by atoms with Gasteiger partial charge in [-0.2, -0.15) is 0 Å². The summed E-state index contributed by atoms with van der Waals surface area (Å²) in [7, 11) is 1.66. The van der Waals surface area contributed by atoms with Crippen LogP contribution in [0.2, 0.25) is 0 Å². The molecule has 2 aromatic rings. The summed E-state index contributed by atoms with van der Waals surface area (Å²) in [6.45, 7) is 2.34. The number of ether oxygens (including phenoxy) is 1. The van der Waals surface area contributed by atoms with E-state index in [4.69, 9.17) is 10.5 Å². The summed E-state index contributed by atoms with van der Waals surface area (Å²) in [6.07, 6.45) is 0.351. The molecule has 0 fully saturated rings. The number of halogens is 1. The molecule has 0 heterocycles. The van der Waals surface area contributed by atoms with Gasteiger partial charge in [0.2, 0.25) is 5.91 Å². The zero-order valence-corrected chi connectivity index (χ0v) is 14.2. The van der Waals surface area contributed by atoms with Crippen molar-refractivity contribution in [2.24, 2.45) is 5.73 Å². The SMILES string of the molecule is COc1ccc(-c2ccc(CNC(=O)CC(C)N)cc2)cc1.Cl. The Labute approximate surface area is 143 Å². The van der Waals surface area contributed by atoms with Gasteiger partial charge in [-0.15, -0.1) is 12.4 Å². The van der Waals surface area contributed by atoms with Crippen LogP contribution in [0, 0.1) is 0 Å². The van der Waals surface area contributed by atoms with Gasteiger partial charge in [-0.1, -0.05) is 36.4 Å². The standard InChI is InChI=1S/C18H22N2O2.ClH/c1-13(19)11-18(21)20-12-14-3-5-15(6-4-14)16-7-9-17(22-2)10-8-16;/h3-10,13H,11-12,19H2,1-2H3,(H,20,21);1H. The summed E-state index contributed by atoms with van der Waals surface area (Å²) in [5, 5.41) is 2.87. The average Bonchev–Trinajstić information content (AvgIpc) is 2.53. The van der Waals surface area contributed by atoms with E-state index >= 15 is 0 Å². The number of hydrogen-bond donors (Lipinski definition) is 2. The minimum atomic E-state index is -0.113. The highest BCUT2D eigenvalue weighted by atomic mass is 35.5. The van der Waals surface area contributed by atoms with Gasteiger partial charge in [-0.05, 0) is 35.7 Å². The molecular formula is C18H23ClN2O2. The van der Waals surface area contributed by atoms with Crippen molar-refractivity contribution in [2.45, 2.75) is 25.9 Å². The van der Waals surface area contributed by atoms with Crippen LogP contribution >= 0.6 is 12.4 Å². The van der Waals surface area contributed by atoms with Crippen molar-refractivity contribution in [3.8, 4) is 16.9 Å². The maximum atomic E-state index is 11.6. The molecule has 0 aliphatic rings. The van der Waals surface area contributed by atoms with Gasteiger partial charge in [0.05, 0.1) is 7.11 Å². The fourth-order valence-electron chi connectivity index (χ4n) is 2.16. The van der Waals surface area contributed by atoms with E-state index in [2.05, 4.69) is 17.4 Å². The van der Waals surface area contributed by atoms with E-state index in [1.54, 1.807) is 7.11 Å². The van der Waals surface area contributed by atoms with E-state index in [0.29, 0.717) is 13.0 Å². The zero-order chi connectivity index (χ0) is 15.9. The maximum absolute atomic E-state index is 11.6. The summed E-state index contributed by atoms with van der Waals surface area (Å²) in [5.74, 6) is 0.825. The Morgan fingerprint density at radius 2 is 1.61 bits per heavy atom. The molecule has 23 heavy (non-hydrogen) atoms. The van der Waals surface area contributed by atoms with E-state index < -0.39 is 0 Å². The Hall–Kier alpha value is -2.04. The first-order valence-electron chi connectivity index (χ1n) is 7.34. The molecule has 0 aromatic heterocycles. The van der Waals surface area contributed by atoms with Crippen LogP contribution in [0.3, 0.4) is 0 Å². The number of hydrogen-bond acceptors (Lipinski definition) is 3. The van der Waals surface area contributed by atoms with Gasteiger partial charge in [0.15, 0.2) is 0 Å². The zero-order valence-electron chi connectivity index (χ0n) is 13.4. The molecule has 1 atom stereocenters. The fourth-order valence-corrected chi connectivity index (χ4v) is 2.16. The number of nitrogens with two attached hydrogens (primary N) is 1. The molecule has 1 unspecified atom stereocenters. The van der Waals surface area contributed by atoms with Crippen LogP contribution < -0.4 is 15.8 Å². The number of rotatable bonds is 6. The summed E-state index contributed by atoms with van der Waals surface area (Å²) in [5.41, 5.74) is 8.93. The average molecular weight is 335 g/mol. The topological polar surface area (TPSA) is 64.3 Å². The van der Waals surface area contributed by atoms with Crippen molar-refractivity contribution in [1.29, 1.82) is 0 Å². The van der Waals surface area contributed by atoms with Crippen LogP contribution in [0.5, 0.6) is 5.75 Å². The number of carbonyl (C=O) groups excluding carboxylic acids is 1. The molecule has 5 heteroatoms. The van der Waals surface area contributed by atoms with Gasteiger partial charge in [-0.3, -0.25) is 4.79 Å². The van der Waals surface area contributed by atoms with Crippen LogP contribution in [0.25, 0.3) is 11.1 Å². The van der Waals surface area contributed by atoms with Crippen molar-refractivity contribution < 1.29 is 9.53 Å². The Kier molecular flexibility index (Phi) is 7.59. The monoisotopic (exact) mass is 334 g/mol. The van der Waals surface area contributed by atoms with Crippen LogP contribution in [0.4, 0.5) is 0 Å². The molecule has 0 saturated heterocycles. The largest absolute Gasteiger partial charge is 0.497 e. The molecule has 2 aromatic carbocycles. The molecule has 0 radical (unpaired) electrons. The molecule has 0 aliphatic heterocycles. The maximum Gasteiger partial charge on any atom is 0.221 e. The second kappa shape index (κ2) is 9.18. The van der Waals surface area contributed by atoms with Gasteiger partial charge < -0.3 is 15.8 Å². The Bertz CT molecular complexity index is 610. The third-order valence-electron chi connectivity index (χ3n) is 3.37. The highest BCUT2D eigenvalue weighted by Crippen LogP contribution is 2.22. The molecule has 2 rings (SSSR count). The Balaban J connectivity index is 0.00000264. The third kappa shape index (κ3) is 5.93. The third-order valence-corrected chi connectivity index (χ3v) is 3.37. The van der Waals surface area contributed by atoms with Crippen molar-refractivity contribution in [1.82, 2.24) is 5.32 Å². The van der Waals surface area contributed by atoms with Gasteiger partial charge in [-0.25, -0.2) is 0 Å². The first kappa shape index (κ1) is 19.0. The van der Waals surface area contributed by atoms with Crippen molar-refractivity contribution in [3.05, 3.63) is 54.1 Å². The van der Waals surface area contributed by atoms with E-state index in [1.807, 2.05) is 43.3 Å². The van der Waals surface area contributed by atoms with E-state index in [1.165, 1.54) is 0 Å². The Morgan fingerprint density at radius 1 is 1.09 bits per heavy atom. The van der Waals surface area contributed by atoms with Crippen LogP contribution in [0.1, 0.15) is 18.9 Å². The van der Waals surface area contributed by atoms with Crippen molar-refractivity contribution in [2.75, 3.05) is 7.11 Å². The normalized spacial score (nSPS) is 11.3. The minimum Gasteiger partial charge on any atom is -0.497 e. The molecule has 124 valence electrons. The lowest BCUT2D eigenvalue weighted by Crippen LogP contribution is -2.29. The second-order valence-corrected chi connectivity index (χ2v) is 5.38. The molecule has 4 nitrogen and oxygen atoms in total. The molecule has 0 aliphatic carbocycles. The minimum absolute atomic E-state index is 0. The molecule has 0 spiro atoms. The summed E-state index contributed by atoms with van der Waals surface area (Å²) in [4.78, 5) is 11.6. The van der Waals surface area contributed by atoms with Crippen molar-refractivity contribution in [3.63, 3.8) is 0 Å². The predicted octanol–water partition coefficient (Wildman–Crippen LogP) is 3.14. The van der Waals surface area contributed by atoms with Crippen molar-refractivity contribution >= 4 is 18.3 Å². The van der Waals surface area contributed by atoms with Gasteiger partial charge in [0.1, 0.15) is 5.75 Å². The Morgan fingerprint density at radius 3 is 2.09 bits per heavy atom. The lowest BCUT2D eigenvalue weighted by molar-refractivity contribution is -0.121. The van der Waals surface area contributed by atoms with E-state index in [0.717, 1.165) is 22.4 Å². The first-order chi connectivity index (χ1) is 10.6. The molecule has 3 N–H and O–H groups in total. The number of amides is 1. The van der Waals surface area contributed by atoms with Gasteiger partial charge in [0.25, 0.3) is 0 Å². The predicted molar refractivity (Wildman–Crippen MR) is 95.8 cm³/mol.